The van der Waals surface area contributed by atoms with Gasteiger partial charge in [0.15, 0.2) is 0 Å². The molecular formula is C26H34O3. The van der Waals surface area contributed by atoms with E-state index in [9.17, 15) is 9.90 Å². The van der Waals surface area contributed by atoms with E-state index in [1.54, 1.807) is 0 Å². The summed E-state index contributed by atoms with van der Waals surface area (Å²) in [5.41, 5.74) is 5.97. The second-order valence-corrected chi connectivity index (χ2v) is 9.88. The topological polar surface area (TPSA) is 46.5 Å². The number of aryl methyl sites for hydroxylation is 1. The molecule has 3 nitrogen and oxygen atoms in total. The molecule has 29 heavy (non-hydrogen) atoms. The molecule has 2 aromatic carbocycles. The first-order chi connectivity index (χ1) is 13.2. The van der Waals surface area contributed by atoms with Crippen molar-refractivity contribution in [3.05, 3.63) is 70.3 Å². The highest BCUT2D eigenvalue weighted by atomic mass is 16.5. The van der Waals surface area contributed by atoms with Gasteiger partial charge in [-0.1, -0.05) is 65.8 Å². The quantitative estimate of drug-likeness (QED) is 0.377. The minimum atomic E-state index is -0.479. The molecule has 156 valence electrons. The van der Waals surface area contributed by atoms with E-state index in [4.69, 9.17) is 4.74 Å². The predicted octanol–water partition coefficient (Wildman–Crippen LogP) is 6.29. The molecule has 0 unspecified atom stereocenters. The lowest BCUT2D eigenvalue weighted by molar-refractivity contribution is -0.128. The van der Waals surface area contributed by atoms with Gasteiger partial charge in [0.25, 0.3) is 0 Å². The van der Waals surface area contributed by atoms with E-state index in [1.807, 2.05) is 25.1 Å². The molecule has 0 bridgehead atoms. The van der Waals surface area contributed by atoms with Crippen molar-refractivity contribution >= 4 is 5.97 Å². The minimum absolute atomic E-state index is 0.110. The number of ether oxygens (including phenoxy) is 1. The van der Waals surface area contributed by atoms with Crippen molar-refractivity contribution in [3.8, 4) is 11.5 Å². The molecule has 0 spiro atoms. The van der Waals surface area contributed by atoms with E-state index in [-0.39, 0.29) is 10.8 Å². The van der Waals surface area contributed by atoms with Crippen LogP contribution in [0.3, 0.4) is 0 Å². The summed E-state index contributed by atoms with van der Waals surface area (Å²) in [6.45, 7) is 20.3. The summed E-state index contributed by atoms with van der Waals surface area (Å²) in [7, 11) is 0. The zero-order chi connectivity index (χ0) is 22.1. The largest absolute Gasteiger partial charge is 0.507 e. The fraction of sp³-hybridized carbons (Fsp3) is 0.423. The lowest BCUT2D eigenvalue weighted by Crippen LogP contribution is -2.16. The minimum Gasteiger partial charge on any atom is -0.507 e. The van der Waals surface area contributed by atoms with Crippen LogP contribution in [0, 0.1) is 13.8 Å². The average Bonchev–Trinajstić information content (AvgIpc) is 2.58. The maximum Gasteiger partial charge on any atom is 0.335 e. The Kier molecular flexibility index (Phi) is 6.32. The number of phenolic OH excluding ortho intramolecular Hbond substituents is 1. The van der Waals surface area contributed by atoms with Gasteiger partial charge in [0.1, 0.15) is 11.5 Å². The molecule has 3 heteroatoms. The van der Waals surface area contributed by atoms with Crippen LogP contribution in [0.5, 0.6) is 11.5 Å². The van der Waals surface area contributed by atoms with Gasteiger partial charge in [0.2, 0.25) is 0 Å². The highest BCUT2D eigenvalue weighted by Crippen LogP contribution is 2.38. The van der Waals surface area contributed by atoms with Gasteiger partial charge in [0, 0.05) is 12.5 Å². The lowest BCUT2D eigenvalue weighted by Gasteiger charge is -2.26. The molecule has 2 rings (SSSR count). The number of benzene rings is 2. The second kappa shape index (κ2) is 8.06. The summed E-state index contributed by atoms with van der Waals surface area (Å²) in [5.74, 6) is 0.366. The highest BCUT2D eigenvalue weighted by Gasteiger charge is 2.23. The lowest BCUT2D eigenvalue weighted by atomic mass is 9.80. The molecule has 0 aromatic heterocycles. The van der Waals surface area contributed by atoms with E-state index in [0.717, 1.165) is 39.5 Å². The summed E-state index contributed by atoms with van der Waals surface area (Å²) in [6, 6.07) is 7.90. The molecule has 0 saturated carbocycles. The average molecular weight is 395 g/mol. The summed E-state index contributed by atoms with van der Waals surface area (Å²) in [6.07, 6.45) is 1.73. The standard InChI is InChI=1S/C26H34O3/c1-10-23(27)29-20-14-18(17(3)21(15-20)25(4,5)6)13-19-11-16(2)12-22(24(19)28)26(7,8)9/h10-12,14-15,28H,1,13H2,2-9H3. The summed E-state index contributed by atoms with van der Waals surface area (Å²) >= 11 is 0. The Labute approximate surface area is 175 Å². The van der Waals surface area contributed by atoms with Gasteiger partial charge in [-0.2, -0.15) is 0 Å². The molecule has 1 N–H and O–H groups in total. The molecule has 0 amide bonds. The maximum atomic E-state index is 11.8. The predicted molar refractivity (Wildman–Crippen MR) is 120 cm³/mol. The summed E-state index contributed by atoms with van der Waals surface area (Å²) < 4.78 is 5.45. The Bertz CT molecular complexity index is 938. The molecule has 0 aliphatic heterocycles. The monoisotopic (exact) mass is 394 g/mol. The van der Waals surface area contributed by atoms with Gasteiger partial charge in [0.05, 0.1) is 0 Å². The second-order valence-electron chi connectivity index (χ2n) is 9.88. The molecule has 0 aliphatic carbocycles. The van der Waals surface area contributed by atoms with Crippen molar-refractivity contribution in [2.75, 3.05) is 0 Å². The van der Waals surface area contributed by atoms with E-state index in [0.29, 0.717) is 17.9 Å². The number of carbonyl (C=O) groups is 1. The van der Waals surface area contributed by atoms with Crippen molar-refractivity contribution in [1.29, 1.82) is 0 Å². The van der Waals surface area contributed by atoms with Gasteiger partial charge in [-0.3, -0.25) is 0 Å². The van der Waals surface area contributed by atoms with Crippen LogP contribution in [0.4, 0.5) is 0 Å². The van der Waals surface area contributed by atoms with Crippen LogP contribution in [0.15, 0.2) is 36.9 Å². The Hall–Kier alpha value is -2.55. The van der Waals surface area contributed by atoms with E-state index >= 15 is 0 Å². The third-order valence-corrected chi connectivity index (χ3v) is 5.20. The highest BCUT2D eigenvalue weighted by molar-refractivity contribution is 5.83. The van der Waals surface area contributed by atoms with Crippen LogP contribution >= 0.6 is 0 Å². The van der Waals surface area contributed by atoms with Crippen molar-refractivity contribution in [2.45, 2.75) is 72.6 Å². The van der Waals surface area contributed by atoms with Crippen LogP contribution < -0.4 is 4.74 Å². The first kappa shape index (κ1) is 22.7. The summed E-state index contributed by atoms with van der Waals surface area (Å²) in [4.78, 5) is 11.8. The molecule has 2 aromatic rings. The summed E-state index contributed by atoms with van der Waals surface area (Å²) in [5, 5.41) is 11.0. The maximum absolute atomic E-state index is 11.8. The van der Waals surface area contributed by atoms with Crippen LogP contribution in [0.1, 0.15) is 74.9 Å². The van der Waals surface area contributed by atoms with Crippen molar-refractivity contribution in [1.82, 2.24) is 0 Å². The van der Waals surface area contributed by atoms with E-state index in [1.165, 1.54) is 0 Å². The molecular weight excluding hydrogens is 360 g/mol. The van der Waals surface area contributed by atoms with Gasteiger partial charge in [-0.05, 0) is 64.6 Å². The van der Waals surface area contributed by atoms with Gasteiger partial charge in [-0.25, -0.2) is 4.79 Å². The van der Waals surface area contributed by atoms with Gasteiger partial charge >= 0.3 is 5.97 Å². The Morgan fingerprint density at radius 1 is 0.966 bits per heavy atom. The van der Waals surface area contributed by atoms with Crippen LogP contribution in [-0.2, 0) is 22.0 Å². The zero-order valence-electron chi connectivity index (χ0n) is 19.1. The number of hydrogen-bond acceptors (Lipinski definition) is 3. The van der Waals surface area contributed by atoms with Crippen LogP contribution in [0.25, 0.3) is 0 Å². The molecule has 0 heterocycles. The molecule has 0 aliphatic rings. The fourth-order valence-electron chi connectivity index (χ4n) is 3.69. The molecule has 0 atom stereocenters. The first-order valence-corrected chi connectivity index (χ1v) is 10.0. The number of esters is 1. The third-order valence-electron chi connectivity index (χ3n) is 5.20. The number of phenols is 1. The van der Waals surface area contributed by atoms with Crippen molar-refractivity contribution in [3.63, 3.8) is 0 Å². The number of rotatable bonds is 4. The first-order valence-electron chi connectivity index (χ1n) is 10.0. The number of hydrogen-bond donors (Lipinski definition) is 1. The van der Waals surface area contributed by atoms with Gasteiger partial charge < -0.3 is 9.84 Å². The molecule has 0 radical (unpaired) electrons. The van der Waals surface area contributed by atoms with E-state index in [2.05, 4.69) is 61.1 Å². The van der Waals surface area contributed by atoms with Crippen molar-refractivity contribution < 1.29 is 14.6 Å². The molecule has 0 saturated heterocycles. The molecule has 0 fully saturated rings. The Morgan fingerprint density at radius 3 is 2.07 bits per heavy atom. The Balaban J connectivity index is 2.63. The van der Waals surface area contributed by atoms with Crippen LogP contribution in [0.2, 0.25) is 0 Å². The fourth-order valence-corrected chi connectivity index (χ4v) is 3.69. The Morgan fingerprint density at radius 2 is 1.55 bits per heavy atom. The number of aromatic hydroxyl groups is 1. The van der Waals surface area contributed by atoms with Crippen molar-refractivity contribution in [2.24, 2.45) is 0 Å². The normalized spacial score (nSPS) is 12.0. The van der Waals surface area contributed by atoms with Crippen LogP contribution in [-0.4, -0.2) is 11.1 Å². The third kappa shape index (κ3) is 5.29. The SMILES string of the molecule is C=CC(=O)Oc1cc(Cc2cc(C)cc(C(C)(C)C)c2O)c(C)c(C(C)(C)C)c1. The van der Waals surface area contributed by atoms with E-state index < -0.39 is 5.97 Å². The zero-order valence-corrected chi connectivity index (χ0v) is 19.1. The number of carbonyl (C=O) groups excluding carboxylic acids is 1. The van der Waals surface area contributed by atoms with Gasteiger partial charge in [-0.15, -0.1) is 0 Å². The smallest absolute Gasteiger partial charge is 0.335 e.